The average molecular weight is 355 g/mol. The SMILES string of the molecule is CCC1=Nc2ccccc2S1=NN=S1C(CC)=Nc2ccccc21. The van der Waals surface area contributed by atoms with Crippen LogP contribution in [-0.4, -0.2) is 10.1 Å². The second-order valence-corrected chi connectivity index (χ2v) is 8.67. The molecule has 2 unspecified atom stereocenters. The Labute approximate surface area is 146 Å². The predicted molar refractivity (Wildman–Crippen MR) is 104 cm³/mol. The molecule has 0 N–H and O–H groups in total. The molecular formula is C18H18N4S2. The van der Waals surface area contributed by atoms with Crippen LogP contribution in [0.25, 0.3) is 0 Å². The Morgan fingerprint density at radius 2 is 1.12 bits per heavy atom. The van der Waals surface area contributed by atoms with E-state index in [1.54, 1.807) is 0 Å². The van der Waals surface area contributed by atoms with Crippen molar-refractivity contribution in [1.29, 1.82) is 0 Å². The number of fused-ring (bicyclic) bond motifs is 2. The van der Waals surface area contributed by atoms with Gasteiger partial charge in [-0.2, -0.15) is 0 Å². The molecule has 0 spiro atoms. The minimum absolute atomic E-state index is 0.369. The summed E-state index contributed by atoms with van der Waals surface area (Å²) in [5.41, 5.74) is 2.08. The number of benzene rings is 2. The van der Waals surface area contributed by atoms with E-state index in [9.17, 15) is 0 Å². The normalized spacial score (nSPS) is 21.6. The van der Waals surface area contributed by atoms with Gasteiger partial charge in [-0.3, -0.25) is 0 Å². The second-order valence-electron chi connectivity index (χ2n) is 5.39. The molecule has 2 aromatic rings. The molecule has 0 fully saturated rings. The lowest BCUT2D eigenvalue weighted by Crippen LogP contribution is -2.03. The van der Waals surface area contributed by atoms with Gasteiger partial charge in [0.25, 0.3) is 0 Å². The third-order valence-electron chi connectivity index (χ3n) is 3.89. The maximum absolute atomic E-state index is 4.75. The Bertz CT molecular complexity index is 864. The highest BCUT2D eigenvalue weighted by atomic mass is 32.2. The maximum Gasteiger partial charge on any atom is 0.0912 e. The van der Waals surface area contributed by atoms with Gasteiger partial charge in [0.2, 0.25) is 0 Å². The van der Waals surface area contributed by atoms with Crippen molar-refractivity contribution in [2.75, 3.05) is 0 Å². The van der Waals surface area contributed by atoms with Crippen molar-refractivity contribution < 1.29 is 0 Å². The summed E-state index contributed by atoms with van der Waals surface area (Å²) in [6.45, 7) is 4.26. The van der Waals surface area contributed by atoms with Crippen molar-refractivity contribution >= 4 is 42.8 Å². The Hall–Kier alpha value is -1.92. The molecule has 0 saturated heterocycles. The fraction of sp³-hybridized carbons (Fsp3) is 0.222. The van der Waals surface area contributed by atoms with Gasteiger partial charge >= 0.3 is 0 Å². The van der Waals surface area contributed by atoms with E-state index in [-0.39, 0.29) is 21.4 Å². The van der Waals surface area contributed by atoms with Crippen LogP contribution in [0.3, 0.4) is 0 Å². The first-order chi connectivity index (χ1) is 11.8. The zero-order valence-corrected chi connectivity index (χ0v) is 15.3. The van der Waals surface area contributed by atoms with Crippen LogP contribution in [-0.2, 0) is 21.4 Å². The predicted octanol–water partition coefficient (Wildman–Crippen LogP) is 5.53. The van der Waals surface area contributed by atoms with Crippen LogP contribution >= 0.6 is 0 Å². The Balaban J connectivity index is 1.81. The first-order valence-corrected chi connectivity index (χ1v) is 10.4. The lowest BCUT2D eigenvalue weighted by molar-refractivity contribution is 1.29. The third-order valence-corrected chi connectivity index (χ3v) is 7.65. The second kappa shape index (κ2) is 6.53. The van der Waals surface area contributed by atoms with Crippen molar-refractivity contribution in [3.63, 3.8) is 0 Å². The van der Waals surface area contributed by atoms with Crippen molar-refractivity contribution in [1.82, 2.24) is 0 Å². The number of rotatable bonds is 3. The van der Waals surface area contributed by atoms with Crippen LogP contribution in [0.2, 0.25) is 0 Å². The fourth-order valence-electron chi connectivity index (χ4n) is 2.72. The van der Waals surface area contributed by atoms with E-state index in [2.05, 4.69) is 50.2 Å². The zero-order valence-electron chi connectivity index (χ0n) is 13.6. The van der Waals surface area contributed by atoms with E-state index < -0.39 is 0 Å². The van der Waals surface area contributed by atoms with Gasteiger partial charge in [-0.25, -0.2) is 9.98 Å². The molecule has 0 saturated carbocycles. The molecule has 2 heterocycles. The summed E-state index contributed by atoms with van der Waals surface area (Å²) < 4.78 is 9.50. The minimum atomic E-state index is -0.369. The summed E-state index contributed by atoms with van der Waals surface area (Å²) in [6, 6.07) is 16.5. The molecule has 0 aromatic heterocycles. The molecule has 0 amide bonds. The van der Waals surface area contributed by atoms with Gasteiger partial charge in [0.15, 0.2) is 0 Å². The summed E-state index contributed by atoms with van der Waals surface area (Å²) in [7, 11) is -0.739. The number of para-hydroxylation sites is 2. The number of hydrogen-bond acceptors (Lipinski definition) is 2. The van der Waals surface area contributed by atoms with Gasteiger partial charge in [0, 0.05) is 21.4 Å². The van der Waals surface area contributed by atoms with Crippen LogP contribution < -0.4 is 0 Å². The van der Waals surface area contributed by atoms with Gasteiger partial charge in [-0.1, -0.05) is 38.1 Å². The lowest BCUT2D eigenvalue weighted by Gasteiger charge is -2.03. The average Bonchev–Trinajstić information content (AvgIpc) is 3.17. The Kier molecular flexibility index (Phi) is 4.24. The maximum atomic E-state index is 4.75. The standard InChI is InChI=1S/C18H18N4S2/c1-3-17-19-13-9-5-7-11-15(13)23(17)21-22-24-16-12-8-6-10-14(16)20-18(24)4-2/h5-12H,3-4H2,1-2H3. The molecule has 4 nitrogen and oxygen atoms in total. The van der Waals surface area contributed by atoms with Crippen molar-refractivity contribution in [2.45, 2.75) is 36.5 Å². The minimum Gasteiger partial charge on any atom is -0.244 e. The van der Waals surface area contributed by atoms with Crippen molar-refractivity contribution in [3.05, 3.63) is 48.5 Å². The van der Waals surface area contributed by atoms with E-state index in [0.717, 1.165) is 34.3 Å². The highest BCUT2D eigenvalue weighted by Gasteiger charge is 2.22. The molecular weight excluding hydrogens is 336 g/mol. The van der Waals surface area contributed by atoms with Crippen LogP contribution in [0.5, 0.6) is 0 Å². The van der Waals surface area contributed by atoms with Crippen molar-refractivity contribution in [3.8, 4) is 0 Å². The van der Waals surface area contributed by atoms with E-state index in [0.29, 0.717) is 0 Å². The van der Waals surface area contributed by atoms with E-state index in [4.69, 9.17) is 18.9 Å². The molecule has 0 aliphatic carbocycles. The number of aliphatic imine (C=N–C) groups is 2. The quantitative estimate of drug-likeness (QED) is 0.651. The van der Waals surface area contributed by atoms with Crippen LogP contribution in [0, 0.1) is 0 Å². The molecule has 24 heavy (non-hydrogen) atoms. The zero-order chi connectivity index (χ0) is 16.5. The van der Waals surface area contributed by atoms with Gasteiger partial charge in [0.1, 0.15) is 0 Å². The highest BCUT2D eigenvalue weighted by molar-refractivity contribution is 8.04. The topological polar surface area (TPSA) is 49.4 Å². The van der Waals surface area contributed by atoms with Gasteiger partial charge in [-0.05, 0) is 37.1 Å². The van der Waals surface area contributed by atoms with Crippen molar-refractivity contribution in [2.24, 2.45) is 18.9 Å². The molecule has 2 atom stereocenters. The monoisotopic (exact) mass is 354 g/mol. The first-order valence-electron chi connectivity index (χ1n) is 8.05. The molecule has 6 heteroatoms. The first kappa shape index (κ1) is 15.6. The largest absolute Gasteiger partial charge is 0.244 e. The molecule has 2 aromatic carbocycles. The van der Waals surface area contributed by atoms with Gasteiger partial charge in [0.05, 0.1) is 31.3 Å². The lowest BCUT2D eigenvalue weighted by atomic mass is 10.3. The molecule has 2 aliphatic rings. The van der Waals surface area contributed by atoms with E-state index in [1.165, 1.54) is 9.79 Å². The molecule has 2 aliphatic heterocycles. The summed E-state index contributed by atoms with van der Waals surface area (Å²) in [5, 5.41) is 2.23. The number of nitrogens with zero attached hydrogens (tertiary/aromatic N) is 4. The van der Waals surface area contributed by atoms with E-state index >= 15 is 0 Å². The smallest absolute Gasteiger partial charge is 0.0912 e. The summed E-state index contributed by atoms with van der Waals surface area (Å²) in [4.78, 5) is 11.8. The Morgan fingerprint density at radius 3 is 1.54 bits per heavy atom. The Morgan fingerprint density at radius 1 is 0.708 bits per heavy atom. The highest BCUT2D eigenvalue weighted by Crippen LogP contribution is 2.34. The van der Waals surface area contributed by atoms with Gasteiger partial charge in [-0.15, -0.1) is 8.94 Å². The van der Waals surface area contributed by atoms with Crippen LogP contribution in [0.15, 0.2) is 77.3 Å². The van der Waals surface area contributed by atoms with E-state index in [1.807, 2.05) is 12.1 Å². The summed E-state index contributed by atoms with van der Waals surface area (Å²) in [6.07, 6.45) is 1.80. The summed E-state index contributed by atoms with van der Waals surface area (Å²) in [5.74, 6) is 0. The molecule has 122 valence electrons. The fourth-order valence-corrected chi connectivity index (χ4v) is 6.08. The third kappa shape index (κ3) is 2.59. The van der Waals surface area contributed by atoms with Crippen LogP contribution in [0.4, 0.5) is 11.4 Å². The van der Waals surface area contributed by atoms with Crippen LogP contribution in [0.1, 0.15) is 26.7 Å². The molecule has 0 radical (unpaired) electrons. The van der Waals surface area contributed by atoms with Gasteiger partial charge < -0.3 is 0 Å². The molecule has 0 bridgehead atoms. The summed E-state index contributed by atoms with van der Waals surface area (Å²) >= 11 is 0. The molecule has 4 rings (SSSR count). The number of hydrogen-bond donors (Lipinski definition) is 0.